The molecule has 0 spiro atoms. The molecular formula is C11H13F2NO. The van der Waals surface area contributed by atoms with Crippen molar-refractivity contribution in [2.24, 2.45) is 0 Å². The Morgan fingerprint density at radius 1 is 1.40 bits per heavy atom. The quantitative estimate of drug-likeness (QED) is 0.765. The maximum Gasteiger partial charge on any atom is 0.254 e. The van der Waals surface area contributed by atoms with Crippen LogP contribution in [0.25, 0.3) is 0 Å². The van der Waals surface area contributed by atoms with Crippen LogP contribution in [0, 0.1) is 11.6 Å². The van der Waals surface area contributed by atoms with Crippen LogP contribution in [0.3, 0.4) is 0 Å². The van der Waals surface area contributed by atoms with Gasteiger partial charge >= 0.3 is 0 Å². The Morgan fingerprint density at radius 2 is 2.13 bits per heavy atom. The highest BCUT2D eigenvalue weighted by Gasteiger charge is 2.11. The molecule has 0 atom stereocenters. The van der Waals surface area contributed by atoms with Crippen LogP contribution in [0.1, 0.15) is 30.1 Å². The Hall–Kier alpha value is -1.45. The first-order valence-electron chi connectivity index (χ1n) is 4.88. The van der Waals surface area contributed by atoms with Crippen LogP contribution < -0.4 is 5.32 Å². The Balaban J connectivity index is 2.68. The Bertz CT molecular complexity index is 352. The molecule has 1 amide bonds. The number of hydrogen-bond acceptors (Lipinski definition) is 1. The SMILES string of the molecule is CCCCNC(=O)c1cc(F)ccc1F. The number of amides is 1. The number of carbonyl (C=O) groups excluding carboxylic acids is 1. The van der Waals surface area contributed by atoms with Crippen LogP contribution in [-0.2, 0) is 0 Å². The van der Waals surface area contributed by atoms with E-state index >= 15 is 0 Å². The second-order valence-electron chi connectivity index (χ2n) is 3.23. The highest BCUT2D eigenvalue weighted by atomic mass is 19.1. The summed E-state index contributed by atoms with van der Waals surface area (Å²) >= 11 is 0. The van der Waals surface area contributed by atoms with E-state index in [-0.39, 0.29) is 5.56 Å². The molecule has 0 heterocycles. The number of carbonyl (C=O) groups is 1. The van der Waals surface area contributed by atoms with E-state index in [0.29, 0.717) is 6.54 Å². The van der Waals surface area contributed by atoms with E-state index in [1.165, 1.54) is 0 Å². The predicted octanol–water partition coefficient (Wildman–Crippen LogP) is 2.49. The summed E-state index contributed by atoms with van der Waals surface area (Å²) in [5.41, 5.74) is -0.244. The first kappa shape index (κ1) is 11.6. The smallest absolute Gasteiger partial charge is 0.254 e. The maximum atomic E-state index is 13.1. The molecular weight excluding hydrogens is 200 g/mol. The summed E-state index contributed by atoms with van der Waals surface area (Å²) in [6.45, 7) is 2.46. The largest absolute Gasteiger partial charge is 0.352 e. The van der Waals surface area contributed by atoms with Gasteiger partial charge in [-0.3, -0.25) is 4.79 Å². The lowest BCUT2D eigenvalue weighted by Gasteiger charge is -2.05. The number of benzene rings is 1. The summed E-state index contributed by atoms with van der Waals surface area (Å²) in [5, 5.41) is 2.52. The fraction of sp³-hybridized carbons (Fsp3) is 0.364. The molecule has 0 unspecified atom stereocenters. The van der Waals surface area contributed by atoms with Crippen LogP contribution in [0.15, 0.2) is 18.2 Å². The first-order chi connectivity index (χ1) is 7.15. The van der Waals surface area contributed by atoms with E-state index in [1.54, 1.807) is 0 Å². The fourth-order valence-corrected chi connectivity index (χ4v) is 1.15. The molecule has 0 saturated heterocycles. The molecule has 2 nitrogen and oxygen atoms in total. The second-order valence-corrected chi connectivity index (χ2v) is 3.23. The maximum absolute atomic E-state index is 13.1. The minimum absolute atomic E-state index is 0.244. The molecule has 0 aromatic heterocycles. The van der Waals surface area contributed by atoms with Crippen molar-refractivity contribution in [1.82, 2.24) is 5.32 Å². The van der Waals surface area contributed by atoms with E-state index in [2.05, 4.69) is 5.32 Å². The van der Waals surface area contributed by atoms with Crippen LogP contribution in [-0.4, -0.2) is 12.5 Å². The highest BCUT2D eigenvalue weighted by Crippen LogP contribution is 2.09. The van der Waals surface area contributed by atoms with Gasteiger partial charge in [0.2, 0.25) is 0 Å². The lowest BCUT2D eigenvalue weighted by atomic mass is 10.2. The van der Waals surface area contributed by atoms with Gasteiger partial charge in [0, 0.05) is 6.54 Å². The van der Waals surface area contributed by atoms with Crippen molar-refractivity contribution in [2.75, 3.05) is 6.54 Å². The van der Waals surface area contributed by atoms with E-state index in [9.17, 15) is 13.6 Å². The molecule has 0 aliphatic carbocycles. The molecule has 0 aliphatic heterocycles. The average molecular weight is 213 g/mol. The summed E-state index contributed by atoms with van der Waals surface area (Å²) in [6, 6.07) is 2.83. The third-order valence-electron chi connectivity index (χ3n) is 1.99. The van der Waals surface area contributed by atoms with Crippen molar-refractivity contribution < 1.29 is 13.6 Å². The van der Waals surface area contributed by atoms with E-state index in [0.717, 1.165) is 31.0 Å². The van der Waals surface area contributed by atoms with Gasteiger partial charge in [0.1, 0.15) is 11.6 Å². The van der Waals surface area contributed by atoms with Gasteiger partial charge in [-0.25, -0.2) is 8.78 Å². The topological polar surface area (TPSA) is 29.1 Å². The van der Waals surface area contributed by atoms with Gasteiger partial charge in [0.25, 0.3) is 5.91 Å². The van der Waals surface area contributed by atoms with Crippen molar-refractivity contribution >= 4 is 5.91 Å². The molecule has 0 saturated carbocycles. The number of halogens is 2. The average Bonchev–Trinajstić information content (AvgIpc) is 2.22. The van der Waals surface area contributed by atoms with Gasteiger partial charge in [0.05, 0.1) is 5.56 Å². The van der Waals surface area contributed by atoms with Crippen LogP contribution >= 0.6 is 0 Å². The fourth-order valence-electron chi connectivity index (χ4n) is 1.15. The van der Waals surface area contributed by atoms with Crippen molar-refractivity contribution in [3.63, 3.8) is 0 Å². The molecule has 0 bridgehead atoms. The third kappa shape index (κ3) is 3.31. The van der Waals surface area contributed by atoms with E-state index in [4.69, 9.17) is 0 Å². The van der Waals surface area contributed by atoms with Gasteiger partial charge in [-0.15, -0.1) is 0 Å². The highest BCUT2D eigenvalue weighted by molar-refractivity contribution is 5.94. The van der Waals surface area contributed by atoms with E-state index < -0.39 is 17.5 Å². The predicted molar refractivity (Wildman–Crippen MR) is 53.6 cm³/mol. The van der Waals surface area contributed by atoms with Gasteiger partial charge in [-0.05, 0) is 24.6 Å². The lowest BCUT2D eigenvalue weighted by Crippen LogP contribution is -2.25. The molecule has 0 radical (unpaired) electrons. The van der Waals surface area contributed by atoms with Gasteiger partial charge in [0.15, 0.2) is 0 Å². The molecule has 1 aromatic carbocycles. The lowest BCUT2D eigenvalue weighted by molar-refractivity contribution is 0.0948. The zero-order valence-electron chi connectivity index (χ0n) is 8.52. The van der Waals surface area contributed by atoms with Crippen molar-refractivity contribution in [3.05, 3.63) is 35.4 Å². The monoisotopic (exact) mass is 213 g/mol. The molecule has 4 heteroatoms. The molecule has 15 heavy (non-hydrogen) atoms. The van der Waals surface area contributed by atoms with Gasteiger partial charge in [-0.2, -0.15) is 0 Å². The van der Waals surface area contributed by atoms with Crippen molar-refractivity contribution in [2.45, 2.75) is 19.8 Å². The number of rotatable bonds is 4. The summed E-state index contributed by atoms with van der Waals surface area (Å²) in [7, 11) is 0. The second kappa shape index (κ2) is 5.44. The first-order valence-corrected chi connectivity index (χ1v) is 4.88. The molecule has 1 rings (SSSR count). The van der Waals surface area contributed by atoms with Gasteiger partial charge in [-0.1, -0.05) is 13.3 Å². The molecule has 82 valence electrons. The number of hydrogen-bond donors (Lipinski definition) is 1. The third-order valence-corrected chi connectivity index (χ3v) is 1.99. The minimum Gasteiger partial charge on any atom is -0.352 e. The summed E-state index contributed by atoms with van der Waals surface area (Å²) < 4.78 is 25.9. The number of unbranched alkanes of at least 4 members (excludes halogenated alkanes) is 1. The van der Waals surface area contributed by atoms with Gasteiger partial charge < -0.3 is 5.32 Å². The summed E-state index contributed by atoms with van der Waals surface area (Å²) in [5.74, 6) is -1.89. The van der Waals surface area contributed by atoms with Crippen molar-refractivity contribution in [1.29, 1.82) is 0 Å². The standard InChI is InChI=1S/C11H13F2NO/c1-2-3-6-14-11(15)9-7-8(12)4-5-10(9)13/h4-5,7H,2-3,6H2,1H3,(H,14,15). The Morgan fingerprint density at radius 3 is 2.80 bits per heavy atom. The van der Waals surface area contributed by atoms with Crippen molar-refractivity contribution in [3.8, 4) is 0 Å². The number of nitrogens with one attached hydrogen (secondary N) is 1. The Kier molecular flexibility index (Phi) is 4.21. The molecule has 1 aromatic rings. The summed E-state index contributed by atoms with van der Waals surface area (Å²) in [4.78, 5) is 11.4. The van der Waals surface area contributed by atoms with Crippen LogP contribution in [0.2, 0.25) is 0 Å². The summed E-state index contributed by atoms with van der Waals surface area (Å²) in [6.07, 6.45) is 1.76. The minimum atomic E-state index is -0.703. The molecule has 1 N–H and O–H groups in total. The Labute approximate surface area is 87.3 Å². The zero-order valence-corrected chi connectivity index (χ0v) is 8.52. The van der Waals surface area contributed by atoms with Crippen LogP contribution in [0.5, 0.6) is 0 Å². The zero-order chi connectivity index (χ0) is 11.3. The molecule has 0 aliphatic rings. The van der Waals surface area contributed by atoms with E-state index in [1.807, 2.05) is 6.92 Å². The molecule has 0 fully saturated rings. The normalized spacial score (nSPS) is 10.1. The van der Waals surface area contributed by atoms with Crippen LogP contribution in [0.4, 0.5) is 8.78 Å².